The minimum Gasteiger partial charge on any atom is -0.396 e. The van der Waals surface area contributed by atoms with Gasteiger partial charge >= 0.3 is 0 Å². The van der Waals surface area contributed by atoms with Crippen LogP contribution in [0.2, 0.25) is 0 Å². The topological polar surface area (TPSA) is 92.9 Å². The van der Waals surface area contributed by atoms with Gasteiger partial charge in [0.05, 0.1) is 6.61 Å². The summed E-state index contributed by atoms with van der Waals surface area (Å²) in [6, 6.07) is 0. The van der Waals surface area contributed by atoms with Crippen molar-refractivity contribution < 1.29 is 9.90 Å². The summed E-state index contributed by atoms with van der Waals surface area (Å²) in [5.41, 5.74) is -0.239. The standard InChI is InChI=1S/C13H25N5O2/c1-5-13(6-2,9-19)8-14-11(20)7-18-12(10(3)4)15-16-17-18/h10,19H,5-9H2,1-4H3,(H,14,20). The van der Waals surface area contributed by atoms with E-state index in [-0.39, 0.29) is 30.4 Å². The second kappa shape index (κ2) is 7.33. The van der Waals surface area contributed by atoms with Crippen LogP contribution in [0.1, 0.15) is 52.3 Å². The van der Waals surface area contributed by atoms with E-state index < -0.39 is 0 Å². The maximum Gasteiger partial charge on any atom is 0.241 e. The SMILES string of the molecule is CCC(CC)(CO)CNC(=O)Cn1nnnc1C(C)C. The van der Waals surface area contributed by atoms with Crippen molar-refractivity contribution in [3.8, 4) is 0 Å². The second-order valence-electron chi connectivity index (χ2n) is 5.49. The fraction of sp³-hybridized carbons (Fsp3) is 0.846. The first kappa shape index (κ1) is 16.6. The van der Waals surface area contributed by atoms with Gasteiger partial charge in [0, 0.05) is 17.9 Å². The van der Waals surface area contributed by atoms with Crippen LogP contribution in [0.15, 0.2) is 0 Å². The molecule has 0 radical (unpaired) electrons. The zero-order valence-corrected chi connectivity index (χ0v) is 12.8. The molecule has 1 heterocycles. The minimum absolute atomic E-state index is 0.0718. The lowest BCUT2D eigenvalue weighted by atomic mass is 9.83. The van der Waals surface area contributed by atoms with Crippen molar-refractivity contribution in [3.05, 3.63) is 5.82 Å². The van der Waals surface area contributed by atoms with E-state index >= 15 is 0 Å². The molecule has 0 fully saturated rings. The zero-order chi connectivity index (χ0) is 15.2. The summed E-state index contributed by atoms with van der Waals surface area (Å²) in [6.07, 6.45) is 1.64. The summed E-state index contributed by atoms with van der Waals surface area (Å²) in [7, 11) is 0. The molecule has 1 rings (SSSR count). The van der Waals surface area contributed by atoms with Crippen LogP contribution in [0.4, 0.5) is 0 Å². The highest BCUT2D eigenvalue weighted by molar-refractivity contribution is 5.75. The Hall–Kier alpha value is -1.50. The van der Waals surface area contributed by atoms with Crippen LogP contribution in [0.25, 0.3) is 0 Å². The van der Waals surface area contributed by atoms with E-state index in [0.29, 0.717) is 12.4 Å². The molecular formula is C13H25N5O2. The van der Waals surface area contributed by atoms with Crippen molar-refractivity contribution in [3.63, 3.8) is 0 Å². The summed E-state index contributed by atoms with van der Waals surface area (Å²) >= 11 is 0. The van der Waals surface area contributed by atoms with Crippen molar-refractivity contribution in [2.75, 3.05) is 13.2 Å². The third-order valence-electron chi connectivity index (χ3n) is 3.87. The van der Waals surface area contributed by atoms with E-state index in [0.717, 1.165) is 12.8 Å². The molecule has 0 atom stereocenters. The van der Waals surface area contributed by atoms with Gasteiger partial charge in [-0.2, -0.15) is 0 Å². The first-order valence-electron chi connectivity index (χ1n) is 7.11. The highest BCUT2D eigenvalue weighted by Gasteiger charge is 2.26. The van der Waals surface area contributed by atoms with Crippen molar-refractivity contribution >= 4 is 5.91 Å². The van der Waals surface area contributed by atoms with Crippen LogP contribution < -0.4 is 5.32 Å². The number of carbonyl (C=O) groups excluding carboxylic acids is 1. The molecule has 0 saturated carbocycles. The Morgan fingerprint density at radius 2 is 2.05 bits per heavy atom. The summed E-state index contributed by atoms with van der Waals surface area (Å²) in [6.45, 7) is 8.64. The molecular weight excluding hydrogens is 258 g/mol. The molecule has 1 amide bonds. The molecule has 20 heavy (non-hydrogen) atoms. The van der Waals surface area contributed by atoms with Gasteiger partial charge in [0.25, 0.3) is 0 Å². The molecule has 7 nitrogen and oxygen atoms in total. The summed E-state index contributed by atoms with van der Waals surface area (Å²) < 4.78 is 1.51. The van der Waals surface area contributed by atoms with Gasteiger partial charge in [-0.05, 0) is 23.3 Å². The van der Waals surface area contributed by atoms with Crippen molar-refractivity contribution in [2.24, 2.45) is 5.41 Å². The van der Waals surface area contributed by atoms with Gasteiger partial charge in [0.2, 0.25) is 5.91 Å². The number of amides is 1. The highest BCUT2D eigenvalue weighted by atomic mass is 16.3. The third-order valence-corrected chi connectivity index (χ3v) is 3.87. The van der Waals surface area contributed by atoms with Gasteiger partial charge in [-0.1, -0.05) is 27.7 Å². The van der Waals surface area contributed by atoms with Crippen molar-refractivity contribution in [1.82, 2.24) is 25.5 Å². The molecule has 0 unspecified atom stereocenters. The van der Waals surface area contributed by atoms with Crippen LogP contribution in [0.5, 0.6) is 0 Å². The number of aliphatic hydroxyl groups is 1. The number of nitrogens with zero attached hydrogens (tertiary/aromatic N) is 4. The average Bonchev–Trinajstić information content (AvgIpc) is 2.89. The highest BCUT2D eigenvalue weighted by Crippen LogP contribution is 2.24. The second-order valence-corrected chi connectivity index (χ2v) is 5.49. The molecule has 1 aromatic rings. The zero-order valence-electron chi connectivity index (χ0n) is 12.8. The Labute approximate surface area is 119 Å². The van der Waals surface area contributed by atoms with Crippen molar-refractivity contribution in [2.45, 2.75) is 53.0 Å². The van der Waals surface area contributed by atoms with E-state index in [1.54, 1.807) is 0 Å². The molecule has 114 valence electrons. The number of hydrogen-bond donors (Lipinski definition) is 2. The van der Waals surface area contributed by atoms with Gasteiger partial charge in [0.15, 0.2) is 5.82 Å². The fourth-order valence-corrected chi connectivity index (χ4v) is 2.00. The largest absolute Gasteiger partial charge is 0.396 e. The quantitative estimate of drug-likeness (QED) is 0.733. The monoisotopic (exact) mass is 283 g/mol. The third kappa shape index (κ3) is 4.00. The Balaban J connectivity index is 2.58. The Bertz CT molecular complexity index is 418. The molecule has 0 saturated heterocycles. The number of hydrogen-bond acceptors (Lipinski definition) is 5. The Kier molecular flexibility index (Phi) is 6.06. The summed E-state index contributed by atoms with van der Waals surface area (Å²) in [5.74, 6) is 0.721. The smallest absolute Gasteiger partial charge is 0.241 e. The summed E-state index contributed by atoms with van der Waals surface area (Å²) in [4.78, 5) is 12.0. The molecule has 0 bridgehead atoms. The van der Waals surface area contributed by atoms with Crippen LogP contribution >= 0.6 is 0 Å². The molecule has 0 aromatic carbocycles. The van der Waals surface area contributed by atoms with E-state index in [1.807, 2.05) is 27.7 Å². The molecule has 0 aliphatic rings. The molecule has 2 N–H and O–H groups in total. The predicted octanol–water partition coefficient (Wildman–Crippen LogP) is 0.711. The number of aromatic nitrogens is 4. The Morgan fingerprint density at radius 1 is 1.40 bits per heavy atom. The Morgan fingerprint density at radius 3 is 2.55 bits per heavy atom. The first-order chi connectivity index (χ1) is 9.48. The first-order valence-corrected chi connectivity index (χ1v) is 7.11. The molecule has 0 aliphatic heterocycles. The van der Waals surface area contributed by atoms with E-state index in [4.69, 9.17) is 0 Å². The van der Waals surface area contributed by atoms with Crippen LogP contribution in [-0.4, -0.2) is 44.4 Å². The molecule has 7 heteroatoms. The van der Waals surface area contributed by atoms with E-state index in [9.17, 15) is 9.90 Å². The number of tetrazole rings is 1. The maximum absolute atomic E-state index is 12.0. The van der Waals surface area contributed by atoms with Gasteiger partial charge in [0.1, 0.15) is 6.54 Å². The number of carbonyl (C=O) groups is 1. The molecule has 0 aliphatic carbocycles. The van der Waals surface area contributed by atoms with Crippen molar-refractivity contribution in [1.29, 1.82) is 0 Å². The minimum atomic E-state index is -0.239. The normalized spacial score (nSPS) is 11.9. The van der Waals surface area contributed by atoms with Gasteiger partial charge in [-0.15, -0.1) is 5.10 Å². The van der Waals surface area contributed by atoms with Gasteiger partial charge in [-0.25, -0.2) is 4.68 Å². The maximum atomic E-state index is 12.0. The lowest BCUT2D eigenvalue weighted by Gasteiger charge is -2.29. The molecule has 0 spiro atoms. The fourth-order valence-electron chi connectivity index (χ4n) is 2.00. The lowest BCUT2D eigenvalue weighted by Crippen LogP contribution is -2.40. The summed E-state index contributed by atoms with van der Waals surface area (Å²) in [5, 5.41) is 23.7. The number of nitrogens with one attached hydrogen (secondary N) is 1. The van der Waals surface area contributed by atoms with Crippen LogP contribution in [0.3, 0.4) is 0 Å². The van der Waals surface area contributed by atoms with E-state index in [1.165, 1.54) is 4.68 Å². The average molecular weight is 283 g/mol. The number of rotatable bonds is 8. The predicted molar refractivity (Wildman–Crippen MR) is 75.0 cm³/mol. The molecule has 1 aromatic heterocycles. The van der Waals surface area contributed by atoms with Crippen LogP contribution in [-0.2, 0) is 11.3 Å². The van der Waals surface area contributed by atoms with Gasteiger partial charge < -0.3 is 10.4 Å². The van der Waals surface area contributed by atoms with Crippen LogP contribution in [0, 0.1) is 5.41 Å². The van der Waals surface area contributed by atoms with E-state index in [2.05, 4.69) is 20.8 Å². The number of aliphatic hydroxyl groups excluding tert-OH is 1. The lowest BCUT2D eigenvalue weighted by molar-refractivity contribution is -0.122. The van der Waals surface area contributed by atoms with Gasteiger partial charge in [-0.3, -0.25) is 4.79 Å².